The highest BCUT2D eigenvalue weighted by molar-refractivity contribution is 5.63. The zero-order chi connectivity index (χ0) is 18.5. The van der Waals surface area contributed by atoms with Crippen molar-refractivity contribution in [2.75, 3.05) is 11.4 Å². The molecule has 0 spiro atoms. The van der Waals surface area contributed by atoms with Crippen molar-refractivity contribution in [3.8, 4) is 17.1 Å². The average molecular weight is 363 g/mol. The average Bonchev–Trinajstić information content (AvgIpc) is 3.08. The van der Waals surface area contributed by atoms with E-state index in [0.717, 1.165) is 0 Å². The standard InChI is InChI=1S/C18H16F3N3O2/c1-2-24(13-7-5-6-12(19)10-13)11-16-22-17(23-26-16)14-8-3-4-9-15(14)25-18(20)21/h3-10,18H,2,11H2,1H3. The van der Waals surface area contributed by atoms with Gasteiger partial charge in [0.05, 0.1) is 12.1 Å². The topological polar surface area (TPSA) is 51.4 Å². The summed E-state index contributed by atoms with van der Waals surface area (Å²) in [6, 6.07) is 12.4. The van der Waals surface area contributed by atoms with Gasteiger partial charge in [-0.2, -0.15) is 13.8 Å². The summed E-state index contributed by atoms with van der Waals surface area (Å²) in [6.45, 7) is -0.198. The minimum atomic E-state index is -2.95. The lowest BCUT2D eigenvalue weighted by Crippen LogP contribution is -2.22. The van der Waals surface area contributed by atoms with Crippen molar-refractivity contribution in [2.45, 2.75) is 20.1 Å². The van der Waals surface area contributed by atoms with Crippen LogP contribution in [0, 0.1) is 5.82 Å². The van der Waals surface area contributed by atoms with Gasteiger partial charge in [-0.25, -0.2) is 4.39 Å². The first-order valence-electron chi connectivity index (χ1n) is 7.94. The number of alkyl halides is 2. The van der Waals surface area contributed by atoms with Crippen LogP contribution in [0.1, 0.15) is 12.8 Å². The highest BCUT2D eigenvalue weighted by Crippen LogP contribution is 2.29. The quantitative estimate of drug-likeness (QED) is 0.618. The predicted molar refractivity (Wildman–Crippen MR) is 89.5 cm³/mol. The highest BCUT2D eigenvalue weighted by atomic mass is 19.3. The zero-order valence-electron chi connectivity index (χ0n) is 13.9. The lowest BCUT2D eigenvalue weighted by Gasteiger charge is -2.20. The smallest absolute Gasteiger partial charge is 0.387 e. The van der Waals surface area contributed by atoms with Crippen molar-refractivity contribution in [3.05, 3.63) is 60.2 Å². The molecule has 0 N–H and O–H groups in total. The van der Waals surface area contributed by atoms with Crippen molar-refractivity contribution in [2.24, 2.45) is 0 Å². The van der Waals surface area contributed by atoms with Gasteiger partial charge in [-0.1, -0.05) is 23.4 Å². The van der Waals surface area contributed by atoms with Crippen LogP contribution in [-0.4, -0.2) is 23.3 Å². The Kier molecular flexibility index (Phi) is 5.40. The second-order valence-electron chi connectivity index (χ2n) is 5.38. The van der Waals surface area contributed by atoms with E-state index >= 15 is 0 Å². The first kappa shape index (κ1) is 17.8. The van der Waals surface area contributed by atoms with Crippen LogP contribution in [0.15, 0.2) is 53.1 Å². The maximum Gasteiger partial charge on any atom is 0.387 e. The Morgan fingerprint density at radius 3 is 2.69 bits per heavy atom. The van der Waals surface area contributed by atoms with Crippen molar-refractivity contribution in [1.29, 1.82) is 0 Å². The number of hydrogen-bond donors (Lipinski definition) is 0. The molecule has 0 bridgehead atoms. The summed E-state index contributed by atoms with van der Waals surface area (Å²) >= 11 is 0. The molecule has 1 aromatic heterocycles. The Hall–Kier alpha value is -3.03. The molecule has 5 nitrogen and oxygen atoms in total. The molecule has 3 aromatic rings. The lowest BCUT2D eigenvalue weighted by molar-refractivity contribution is -0.0494. The fourth-order valence-electron chi connectivity index (χ4n) is 2.50. The third-order valence-corrected chi connectivity index (χ3v) is 3.69. The fourth-order valence-corrected chi connectivity index (χ4v) is 2.50. The van der Waals surface area contributed by atoms with Gasteiger partial charge in [0.2, 0.25) is 11.7 Å². The van der Waals surface area contributed by atoms with E-state index in [-0.39, 0.29) is 29.8 Å². The molecule has 0 fully saturated rings. The molecule has 0 radical (unpaired) electrons. The van der Waals surface area contributed by atoms with Gasteiger partial charge in [0.15, 0.2) is 0 Å². The van der Waals surface area contributed by atoms with E-state index < -0.39 is 6.61 Å². The van der Waals surface area contributed by atoms with Gasteiger partial charge in [0, 0.05) is 12.2 Å². The minimum Gasteiger partial charge on any atom is -0.434 e. The number of para-hydroxylation sites is 1. The molecular weight excluding hydrogens is 347 g/mol. The molecule has 0 saturated heterocycles. The van der Waals surface area contributed by atoms with Gasteiger partial charge in [-0.15, -0.1) is 0 Å². The van der Waals surface area contributed by atoms with Crippen LogP contribution in [0.25, 0.3) is 11.4 Å². The van der Waals surface area contributed by atoms with Crippen LogP contribution < -0.4 is 9.64 Å². The summed E-state index contributed by atoms with van der Waals surface area (Å²) in [4.78, 5) is 6.10. The van der Waals surface area contributed by atoms with Crippen molar-refractivity contribution < 1.29 is 22.4 Å². The van der Waals surface area contributed by atoms with E-state index in [0.29, 0.717) is 17.8 Å². The molecule has 0 unspecified atom stereocenters. The Balaban J connectivity index is 1.82. The summed E-state index contributed by atoms with van der Waals surface area (Å²) < 4.78 is 48.2. The second-order valence-corrected chi connectivity index (χ2v) is 5.38. The van der Waals surface area contributed by atoms with Gasteiger partial charge in [-0.05, 0) is 37.3 Å². The van der Waals surface area contributed by atoms with E-state index in [4.69, 9.17) is 4.52 Å². The highest BCUT2D eigenvalue weighted by Gasteiger charge is 2.17. The first-order valence-corrected chi connectivity index (χ1v) is 7.94. The number of ether oxygens (including phenoxy) is 1. The molecular formula is C18H16F3N3O2. The van der Waals surface area contributed by atoms with E-state index in [9.17, 15) is 13.2 Å². The van der Waals surface area contributed by atoms with Gasteiger partial charge in [0.25, 0.3) is 0 Å². The van der Waals surface area contributed by atoms with Crippen LogP contribution >= 0.6 is 0 Å². The first-order chi connectivity index (χ1) is 12.6. The number of rotatable bonds is 7. The van der Waals surface area contributed by atoms with Crippen LogP contribution in [0.5, 0.6) is 5.75 Å². The molecule has 26 heavy (non-hydrogen) atoms. The molecule has 136 valence electrons. The summed E-state index contributed by atoms with van der Waals surface area (Å²) in [7, 11) is 0. The summed E-state index contributed by atoms with van der Waals surface area (Å²) in [6.07, 6.45) is 0. The number of nitrogens with zero attached hydrogens (tertiary/aromatic N) is 3. The van der Waals surface area contributed by atoms with E-state index in [1.165, 1.54) is 18.2 Å². The van der Waals surface area contributed by atoms with E-state index in [1.54, 1.807) is 30.3 Å². The minimum absolute atomic E-state index is 0.0349. The SMILES string of the molecule is CCN(Cc1nc(-c2ccccc2OC(F)F)no1)c1cccc(F)c1. The third kappa shape index (κ3) is 4.14. The normalized spacial score (nSPS) is 11.0. The number of halogens is 3. The molecule has 3 rings (SSSR count). The largest absolute Gasteiger partial charge is 0.434 e. The zero-order valence-corrected chi connectivity index (χ0v) is 13.9. The number of aromatic nitrogens is 2. The third-order valence-electron chi connectivity index (χ3n) is 3.69. The van der Waals surface area contributed by atoms with Crippen LogP contribution in [0.4, 0.5) is 18.9 Å². The molecule has 1 heterocycles. The van der Waals surface area contributed by atoms with E-state index in [1.807, 2.05) is 11.8 Å². The van der Waals surface area contributed by atoms with Gasteiger partial charge < -0.3 is 14.2 Å². The Bertz CT molecular complexity index is 870. The molecule has 0 amide bonds. The van der Waals surface area contributed by atoms with Crippen LogP contribution in [0.2, 0.25) is 0 Å². The summed E-state index contributed by atoms with van der Waals surface area (Å²) in [5.74, 6) is 0.0436. The summed E-state index contributed by atoms with van der Waals surface area (Å²) in [5, 5.41) is 3.84. The van der Waals surface area contributed by atoms with Crippen molar-refractivity contribution in [3.63, 3.8) is 0 Å². The second kappa shape index (κ2) is 7.90. The molecule has 0 aliphatic carbocycles. The van der Waals surface area contributed by atoms with E-state index in [2.05, 4.69) is 14.9 Å². The van der Waals surface area contributed by atoms with Crippen molar-refractivity contribution in [1.82, 2.24) is 10.1 Å². The predicted octanol–water partition coefficient (Wildman–Crippen LogP) is 4.50. The van der Waals surface area contributed by atoms with Gasteiger partial charge >= 0.3 is 6.61 Å². The molecule has 8 heteroatoms. The maximum atomic E-state index is 13.4. The monoisotopic (exact) mass is 363 g/mol. The fraction of sp³-hybridized carbons (Fsp3) is 0.222. The van der Waals surface area contributed by atoms with Crippen molar-refractivity contribution >= 4 is 5.69 Å². The maximum absolute atomic E-state index is 13.4. The molecule has 0 aliphatic heterocycles. The molecule has 0 aliphatic rings. The summed E-state index contributed by atoms with van der Waals surface area (Å²) in [5.41, 5.74) is 0.977. The number of anilines is 1. The van der Waals surface area contributed by atoms with Gasteiger partial charge in [-0.3, -0.25) is 0 Å². The van der Waals surface area contributed by atoms with Gasteiger partial charge in [0.1, 0.15) is 11.6 Å². The van der Waals surface area contributed by atoms with Crippen LogP contribution in [0.3, 0.4) is 0 Å². The number of benzene rings is 2. The number of hydrogen-bond acceptors (Lipinski definition) is 5. The lowest BCUT2D eigenvalue weighted by atomic mass is 10.2. The molecule has 0 atom stereocenters. The Morgan fingerprint density at radius 2 is 1.96 bits per heavy atom. The Labute approximate surface area is 148 Å². The molecule has 0 saturated carbocycles. The van der Waals surface area contributed by atoms with Crippen LogP contribution in [-0.2, 0) is 6.54 Å². The molecule has 2 aromatic carbocycles. The Morgan fingerprint density at radius 1 is 1.15 bits per heavy atom.